The van der Waals surface area contributed by atoms with Gasteiger partial charge in [0.25, 0.3) is 0 Å². The molecule has 0 spiro atoms. The van der Waals surface area contributed by atoms with Crippen LogP contribution in [-0.2, 0) is 10.3 Å². The van der Waals surface area contributed by atoms with Crippen LogP contribution in [0.1, 0.15) is 24.8 Å². The van der Waals surface area contributed by atoms with Crippen LogP contribution in [0.2, 0.25) is 0 Å². The number of hydrogen-bond donors (Lipinski definition) is 1. The number of benzene rings is 2. The lowest BCUT2D eigenvalue weighted by atomic mass is 9.67. The Kier molecular flexibility index (Phi) is 3.89. The van der Waals surface area contributed by atoms with Crippen molar-refractivity contribution in [2.24, 2.45) is 0 Å². The van der Waals surface area contributed by atoms with E-state index in [1.807, 2.05) is 12.1 Å². The van der Waals surface area contributed by atoms with Gasteiger partial charge in [-0.15, -0.1) is 6.42 Å². The first-order valence-electron chi connectivity index (χ1n) is 9.66. The van der Waals surface area contributed by atoms with Gasteiger partial charge in [-0.3, -0.25) is 4.90 Å². The minimum Gasteiger partial charge on any atom is -0.497 e. The second kappa shape index (κ2) is 6.24. The van der Waals surface area contributed by atoms with Crippen molar-refractivity contribution in [1.82, 2.24) is 0 Å². The highest BCUT2D eigenvalue weighted by atomic mass is 16.6. The van der Waals surface area contributed by atoms with E-state index in [0.29, 0.717) is 35.6 Å². The number of anilines is 1. The maximum absolute atomic E-state index is 13.2. The Morgan fingerprint density at radius 3 is 2.79 bits per heavy atom. The molecule has 6 nitrogen and oxygen atoms in total. The number of hydrogen-bond acceptors (Lipinski definition) is 5. The Morgan fingerprint density at radius 1 is 1.28 bits per heavy atom. The van der Waals surface area contributed by atoms with Gasteiger partial charge < -0.3 is 19.3 Å². The summed E-state index contributed by atoms with van der Waals surface area (Å²) in [4.78, 5) is 14.7. The van der Waals surface area contributed by atoms with E-state index in [1.54, 1.807) is 43.5 Å². The predicted octanol–water partition coefficient (Wildman–Crippen LogP) is 3.23. The van der Waals surface area contributed by atoms with E-state index in [2.05, 4.69) is 5.92 Å². The van der Waals surface area contributed by atoms with Crippen molar-refractivity contribution < 1.29 is 24.1 Å². The van der Waals surface area contributed by atoms with Crippen LogP contribution >= 0.6 is 0 Å². The second-order valence-corrected chi connectivity index (χ2v) is 7.64. The summed E-state index contributed by atoms with van der Waals surface area (Å²) in [5, 5.41) is 10.9. The number of amides is 1. The monoisotopic (exact) mass is 391 g/mol. The van der Waals surface area contributed by atoms with Crippen LogP contribution in [0, 0.1) is 12.3 Å². The molecular weight excluding hydrogens is 370 g/mol. The van der Waals surface area contributed by atoms with Crippen molar-refractivity contribution in [1.29, 1.82) is 0 Å². The molecule has 4 atom stereocenters. The normalized spacial score (nSPS) is 31.6. The zero-order chi connectivity index (χ0) is 20.2. The number of nitrogens with zero attached hydrogens (tertiary/aromatic N) is 1. The molecule has 2 aromatic carbocycles. The Hall–Kier alpha value is -3.01. The Bertz CT molecular complexity index is 1020. The van der Waals surface area contributed by atoms with Crippen LogP contribution in [0.3, 0.4) is 0 Å². The van der Waals surface area contributed by atoms with Gasteiger partial charge in [0.2, 0.25) is 0 Å². The van der Waals surface area contributed by atoms with E-state index in [9.17, 15) is 9.90 Å². The zero-order valence-electron chi connectivity index (χ0n) is 16.0. The van der Waals surface area contributed by atoms with E-state index in [0.717, 1.165) is 6.42 Å². The summed E-state index contributed by atoms with van der Waals surface area (Å²) >= 11 is 0. The largest absolute Gasteiger partial charge is 0.497 e. The fraction of sp³-hybridized carbons (Fsp3) is 0.348. The topological polar surface area (TPSA) is 71.5 Å². The van der Waals surface area contributed by atoms with Crippen molar-refractivity contribution in [3.63, 3.8) is 0 Å². The maximum Gasteiger partial charge on any atom is 0.420 e. The molecule has 29 heavy (non-hydrogen) atoms. The van der Waals surface area contributed by atoms with Crippen LogP contribution in [0.5, 0.6) is 11.5 Å². The number of terminal acetylenes is 1. The summed E-state index contributed by atoms with van der Waals surface area (Å²) in [6, 6.07) is 13.5. The average Bonchev–Trinajstić information content (AvgIpc) is 3.46. The van der Waals surface area contributed by atoms with Gasteiger partial charge in [-0.2, -0.15) is 0 Å². The first kappa shape index (κ1) is 18.0. The minimum absolute atomic E-state index is 0.429. The SMILES string of the molecule is C#CC1N(C(=O)Oc2ccccc2)c2ccc(OC)cc2C23OC12CCCC3O. The quantitative estimate of drug-likeness (QED) is 0.629. The fourth-order valence-electron chi connectivity index (χ4n) is 5.02. The lowest BCUT2D eigenvalue weighted by Crippen LogP contribution is -2.58. The third kappa shape index (κ3) is 2.29. The van der Waals surface area contributed by atoms with Gasteiger partial charge in [-0.05, 0) is 49.6 Å². The van der Waals surface area contributed by atoms with E-state index < -0.39 is 29.4 Å². The molecular formula is C23H21NO5. The van der Waals surface area contributed by atoms with Gasteiger partial charge >= 0.3 is 6.09 Å². The molecule has 2 aliphatic heterocycles. The van der Waals surface area contributed by atoms with Gasteiger partial charge in [-0.1, -0.05) is 24.1 Å². The van der Waals surface area contributed by atoms with Crippen molar-refractivity contribution in [3.8, 4) is 23.8 Å². The molecule has 4 unspecified atom stereocenters. The smallest absolute Gasteiger partial charge is 0.420 e. The molecule has 0 bridgehead atoms. The van der Waals surface area contributed by atoms with Crippen LogP contribution in [0.15, 0.2) is 48.5 Å². The average molecular weight is 391 g/mol. The summed E-state index contributed by atoms with van der Waals surface area (Å²) in [5.74, 6) is 3.79. The predicted molar refractivity (Wildman–Crippen MR) is 106 cm³/mol. The van der Waals surface area contributed by atoms with Crippen molar-refractivity contribution >= 4 is 11.8 Å². The number of aliphatic hydroxyl groups is 1. The number of methoxy groups -OCH3 is 1. The summed E-state index contributed by atoms with van der Waals surface area (Å²) in [6.45, 7) is 0. The number of fused-ring (bicyclic) bond motifs is 1. The van der Waals surface area contributed by atoms with Gasteiger partial charge in [0.1, 0.15) is 23.1 Å². The lowest BCUT2D eigenvalue weighted by molar-refractivity contribution is 0.0592. The molecule has 3 aliphatic rings. The highest BCUT2D eigenvalue weighted by Gasteiger charge is 2.82. The Morgan fingerprint density at radius 2 is 2.07 bits per heavy atom. The standard InChI is InChI=1S/C23H21NO5/c1-3-19-22-13-7-10-20(25)23(22,29-22)17-14-16(27-2)11-12-18(17)24(19)21(26)28-15-8-5-4-6-9-15/h1,4-6,8-9,11-12,14,19-20,25H,7,10,13H2,2H3. The number of carbonyl (C=O) groups excluding carboxylic acids is 1. The molecule has 1 saturated heterocycles. The van der Waals surface area contributed by atoms with Crippen molar-refractivity contribution in [2.45, 2.75) is 42.6 Å². The number of para-hydroxylation sites is 1. The fourth-order valence-corrected chi connectivity index (χ4v) is 5.02. The van der Waals surface area contributed by atoms with Crippen LogP contribution in [-0.4, -0.2) is 36.1 Å². The lowest BCUT2D eigenvalue weighted by Gasteiger charge is -2.43. The Labute approximate surface area is 169 Å². The first-order chi connectivity index (χ1) is 14.1. The molecule has 1 amide bonds. The second-order valence-electron chi connectivity index (χ2n) is 7.64. The number of carbonyl (C=O) groups is 1. The van der Waals surface area contributed by atoms with Crippen molar-refractivity contribution in [3.05, 3.63) is 54.1 Å². The molecule has 6 heteroatoms. The van der Waals surface area contributed by atoms with Crippen LogP contribution in [0.25, 0.3) is 0 Å². The van der Waals surface area contributed by atoms with E-state index in [4.69, 9.17) is 20.6 Å². The molecule has 1 saturated carbocycles. The molecule has 0 aromatic heterocycles. The Balaban J connectivity index is 1.65. The summed E-state index contributed by atoms with van der Waals surface area (Å²) < 4.78 is 17.3. The van der Waals surface area contributed by atoms with Gasteiger partial charge in [0.05, 0.1) is 18.9 Å². The highest BCUT2D eigenvalue weighted by Crippen LogP contribution is 2.70. The third-order valence-electron chi connectivity index (χ3n) is 6.29. The molecule has 1 N–H and O–H groups in total. The summed E-state index contributed by atoms with van der Waals surface area (Å²) in [6.07, 6.45) is 6.67. The first-order valence-corrected chi connectivity index (χ1v) is 9.66. The number of epoxide rings is 1. The number of rotatable bonds is 2. The van der Waals surface area contributed by atoms with Gasteiger partial charge in [-0.25, -0.2) is 4.79 Å². The third-order valence-corrected chi connectivity index (χ3v) is 6.29. The molecule has 1 aliphatic carbocycles. The van der Waals surface area contributed by atoms with E-state index in [-0.39, 0.29) is 0 Å². The van der Waals surface area contributed by atoms with Crippen molar-refractivity contribution in [2.75, 3.05) is 12.0 Å². The zero-order valence-corrected chi connectivity index (χ0v) is 16.0. The molecule has 2 heterocycles. The van der Waals surface area contributed by atoms with Crippen LogP contribution in [0.4, 0.5) is 10.5 Å². The summed E-state index contributed by atoms with van der Waals surface area (Å²) in [5.41, 5.74) is -0.464. The molecule has 148 valence electrons. The number of aliphatic hydroxyl groups excluding tert-OH is 1. The van der Waals surface area contributed by atoms with Gasteiger partial charge in [0, 0.05) is 5.56 Å². The molecule has 5 rings (SSSR count). The maximum atomic E-state index is 13.2. The summed E-state index contributed by atoms with van der Waals surface area (Å²) in [7, 11) is 1.58. The highest BCUT2D eigenvalue weighted by molar-refractivity contribution is 5.94. The van der Waals surface area contributed by atoms with E-state index in [1.165, 1.54) is 4.90 Å². The van der Waals surface area contributed by atoms with E-state index >= 15 is 0 Å². The van der Waals surface area contributed by atoms with Crippen LogP contribution < -0.4 is 14.4 Å². The minimum atomic E-state index is -0.921. The molecule has 2 aromatic rings. The number of ether oxygens (including phenoxy) is 3. The molecule has 0 radical (unpaired) electrons. The van der Waals surface area contributed by atoms with Gasteiger partial charge in [0.15, 0.2) is 5.60 Å². The molecule has 2 fully saturated rings.